The predicted octanol–water partition coefficient (Wildman–Crippen LogP) is 1.29. The molecule has 0 radical (unpaired) electrons. The molecule has 8 heteroatoms. The molecular weight excluding hydrogens is 371 g/mol. The molecular formula is C12H17IN6O. The highest BCUT2D eigenvalue weighted by Gasteiger charge is 2.21. The Balaban J connectivity index is 0.00000147. The summed E-state index contributed by atoms with van der Waals surface area (Å²) in [5.41, 5.74) is 5.74. The molecule has 108 valence electrons. The van der Waals surface area contributed by atoms with Crippen molar-refractivity contribution in [2.75, 3.05) is 6.54 Å². The second-order valence-corrected chi connectivity index (χ2v) is 4.52. The quantitative estimate of drug-likeness (QED) is 0.407. The van der Waals surface area contributed by atoms with E-state index in [2.05, 4.69) is 25.5 Å². The molecule has 0 spiro atoms. The third kappa shape index (κ3) is 3.95. The van der Waals surface area contributed by atoms with Crippen molar-refractivity contribution in [3.8, 4) is 11.6 Å². The van der Waals surface area contributed by atoms with Gasteiger partial charge in [-0.25, -0.2) is 4.98 Å². The van der Waals surface area contributed by atoms with Crippen LogP contribution < -0.4 is 11.1 Å². The lowest BCUT2D eigenvalue weighted by Gasteiger charge is -2.01. The van der Waals surface area contributed by atoms with Gasteiger partial charge in [0.25, 0.3) is 0 Å². The van der Waals surface area contributed by atoms with Crippen LogP contribution in [-0.2, 0) is 6.42 Å². The number of nitrogens with one attached hydrogen (secondary N) is 2. The molecule has 0 amide bonds. The third-order valence-electron chi connectivity index (χ3n) is 2.83. The van der Waals surface area contributed by atoms with Gasteiger partial charge in [-0.3, -0.25) is 10.1 Å². The van der Waals surface area contributed by atoms with E-state index < -0.39 is 0 Å². The molecule has 0 unspecified atom stereocenters. The van der Waals surface area contributed by atoms with E-state index in [-0.39, 0.29) is 24.0 Å². The molecule has 0 aromatic carbocycles. The summed E-state index contributed by atoms with van der Waals surface area (Å²) in [7, 11) is 0. The van der Waals surface area contributed by atoms with Crippen LogP contribution in [-0.4, -0.2) is 33.7 Å². The van der Waals surface area contributed by atoms with E-state index in [0.717, 1.165) is 5.82 Å². The van der Waals surface area contributed by atoms with Crippen molar-refractivity contribution in [1.82, 2.24) is 20.5 Å². The maximum Gasteiger partial charge on any atom is 0.216 e. The summed E-state index contributed by atoms with van der Waals surface area (Å²) in [4.78, 5) is 8.58. The molecule has 1 fully saturated rings. The molecule has 3 rings (SSSR count). The summed E-state index contributed by atoms with van der Waals surface area (Å²) in [5, 5.41) is 10.1. The Bertz CT molecular complexity index is 560. The van der Waals surface area contributed by atoms with Crippen molar-refractivity contribution >= 4 is 29.9 Å². The molecule has 0 bridgehead atoms. The number of nitrogens with two attached hydrogens (primary N) is 1. The summed E-state index contributed by atoms with van der Waals surface area (Å²) in [6.07, 6.45) is 4.64. The first-order valence-electron chi connectivity index (χ1n) is 6.33. The van der Waals surface area contributed by atoms with Gasteiger partial charge in [-0.2, -0.15) is 5.10 Å². The monoisotopic (exact) mass is 388 g/mol. The van der Waals surface area contributed by atoms with E-state index >= 15 is 0 Å². The van der Waals surface area contributed by atoms with Crippen LogP contribution in [0, 0.1) is 0 Å². The standard InChI is InChI=1S/C12H16N6O.HI/c13-12(15-8-3-4-8)14-6-5-10-16-11(18-17-10)9-2-1-7-19-9;/h1-2,7-8H,3-6H2,(H3,13,14,15)(H,16,17,18);1H. The minimum atomic E-state index is 0. The number of rotatable bonds is 5. The van der Waals surface area contributed by atoms with Gasteiger partial charge < -0.3 is 15.5 Å². The first kappa shape index (κ1) is 14.8. The first-order valence-corrected chi connectivity index (χ1v) is 6.33. The lowest BCUT2D eigenvalue weighted by atomic mass is 10.4. The number of hydrogen-bond acceptors (Lipinski definition) is 4. The first-order chi connectivity index (χ1) is 9.31. The number of H-pyrrole nitrogens is 1. The smallest absolute Gasteiger partial charge is 0.216 e. The molecule has 20 heavy (non-hydrogen) atoms. The van der Waals surface area contributed by atoms with Crippen molar-refractivity contribution in [2.24, 2.45) is 10.7 Å². The van der Waals surface area contributed by atoms with Crippen molar-refractivity contribution in [1.29, 1.82) is 0 Å². The van der Waals surface area contributed by atoms with Crippen LogP contribution in [0.5, 0.6) is 0 Å². The van der Waals surface area contributed by atoms with Gasteiger partial charge in [0.1, 0.15) is 5.82 Å². The van der Waals surface area contributed by atoms with E-state index in [0.29, 0.717) is 36.6 Å². The van der Waals surface area contributed by atoms with Gasteiger partial charge in [0.05, 0.1) is 6.26 Å². The molecule has 0 aliphatic heterocycles. The topological polar surface area (TPSA) is 105 Å². The Morgan fingerprint density at radius 1 is 1.55 bits per heavy atom. The van der Waals surface area contributed by atoms with Crippen LogP contribution in [0.4, 0.5) is 0 Å². The van der Waals surface area contributed by atoms with Crippen LogP contribution in [0.3, 0.4) is 0 Å². The second-order valence-electron chi connectivity index (χ2n) is 4.52. The number of aromatic amines is 1. The summed E-state index contributed by atoms with van der Waals surface area (Å²) >= 11 is 0. The zero-order valence-corrected chi connectivity index (χ0v) is 13.2. The highest BCUT2D eigenvalue weighted by molar-refractivity contribution is 14.0. The second kappa shape index (κ2) is 6.73. The average Bonchev–Trinajstić information content (AvgIpc) is 2.91. The lowest BCUT2D eigenvalue weighted by Crippen LogP contribution is -2.33. The summed E-state index contributed by atoms with van der Waals surface area (Å²) in [5.74, 6) is 2.50. The zero-order chi connectivity index (χ0) is 13.1. The number of nitrogens with zero attached hydrogens (tertiary/aromatic N) is 3. The van der Waals surface area contributed by atoms with Gasteiger partial charge in [-0.05, 0) is 25.0 Å². The Labute approximate surface area is 133 Å². The van der Waals surface area contributed by atoms with Crippen LogP contribution in [0.15, 0.2) is 27.8 Å². The molecule has 2 heterocycles. The third-order valence-corrected chi connectivity index (χ3v) is 2.83. The Morgan fingerprint density at radius 3 is 3.10 bits per heavy atom. The lowest BCUT2D eigenvalue weighted by molar-refractivity contribution is 0.577. The van der Waals surface area contributed by atoms with Gasteiger partial charge in [-0.1, -0.05) is 0 Å². The maximum absolute atomic E-state index is 5.74. The molecule has 2 aromatic rings. The zero-order valence-electron chi connectivity index (χ0n) is 10.9. The normalized spacial score (nSPS) is 14.9. The van der Waals surface area contributed by atoms with E-state index in [9.17, 15) is 0 Å². The van der Waals surface area contributed by atoms with E-state index in [1.54, 1.807) is 12.3 Å². The van der Waals surface area contributed by atoms with Crippen LogP contribution in [0.2, 0.25) is 0 Å². The van der Waals surface area contributed by atoms with Gasteiger partial charge in [0.15, 0.2) is 11.7 Å². The number of furan rings is 1. The average molecular weight is 388 g/mol. The Kier molecular flexibility index (Phi) is 4.99. The van der Waals surface area contributed by atoms with Crippen LogP contribution in [0.1, 0.15) is 18.7 Å². The number of guanidine groups is 1. The summed E-state index contributed by atoms with van der Waals surface area (Å²) in [6.45, 7) is 0.582. The van der Waals surface area contributed by atoms with Crippen molar-refractivity contribution in [3.05, 3.63) is 24.2 Å². The highest BCUT2D eigenvalue weighted by Crippen LogP contribution is 2.18. The van der Waals surface area contributed by atoms with Crippen LogP contribution in [0.25, 0.3) is 11.6 Å². The molecule has 1 aliphatic rings. The molecule has 0 atom stereocenters. The number of aromatic nitrogens is 3. The van der Waals surface area contributed by atoms with Gasteiger partial charge >= 0.3 is 0 Å². The SMILES string of the molecule is I.NC(=NCCc1nc(-c2ccco2)n[nH]1)NC1CC1. The Morgan fingerprint density at radius 2 is 2.40 bits per heavy atom. The number of hydrogen-bond donors (Lipinski definition) is 3. The molecule has 2 aromatic heterocycles. The maximum atomic E-state index is 5.74. The largest absolute Gasteiger partial charge is 0.461 e. The van der Waals surface area contributed by atoms with Crippen molar-refractivity contribution < 1.29 is 4.42 Å². The van der Waals surface area contributed by atoms with Crippen LogP contribution >= 0.6 is 24.0 Å². The molecule has 0 saturated heterocycles. The van der Waals surface area contributed by atoms with E-state index in [4.69, 9.17) is 10.2 Å². The summed E-state index contributed by atoms with van der Waals surface area (Å²) < 4.78 is 5.22. The van der Waals surface area contributed by atoms with Crippen molar-refractivity contribution in [3.63, 3.8) is 0 Å². The fourth-order valence-corrected chi connectivity index (χ4v) is 1.69. The van der Waals surface area contributed by atoms with E-state index in [1.165, 1.54) is 12.8 Å². The Hall–Kier alpha value is -1.58. The van der Waals surface area contributed by atoms with Gasteiger partial charge in [-0.15, -0.1) is 24.0 Å². The van der Waals surface area contributed by atoms with Gasteiger partial charge in [0.2, 0.25) is 5.82 Å². The number of aliphatic imine (C=N–C) groups is 1. The molecule has 4 N–H and O–H groups in total. The minimum absolute atomic E-state index is 0. The molecule has 1 aliphatic carbocycles. The molecule has 1 saturated carbocycles. The van der Waals surface area contributed by atoms with E-state index in [1.807, 2.05) is 6.07 Å². The predicted molar refractivity (Wildman–Crippen MR) is 85.9 cm³/mol. The number of halogens is 1. The fourth-order valence-electron chi connectivity index (χ4n) is 1.69. The summed E-state index contributed by atoms with van der Waals surface area (Å²) in [6, 6.07) is 4.15. The fraction of sp³-hybridized carbons (Fsp3) is 0.417. The minimum Gasteiger partial charge on any atom is -0.461 e. The van der Waals surface area contributed by atoms with Gasteiger partial charge in [0, 0.05) is 19.0 Å². The highest BCUT2D eigenvalue weighted by atomic mass is 127. The molecule has 7 nitrogen and oxygen atoms in total. The van der Waals surface area contributed by atoms with Crippen molar-refractivity contribution in [2.45, 2.75) is 25.3 Å².